The van der Waals surface area contributed by atoms with Crippen LogP contribution in [0.4, 0.5) is 11.4 Å². The molecular formula is C19H20N2O4. The molecule has 130 valence electrons. The van der Waals surface area contributed by atoms with Crippen molar-refractivity contribution in [3.63, 3.8) is 0 Å². The molecule has 2 aromatic rings. The Balaban J connectivity index is 2.19. The van der Waals surface area contributed by atoms with E-state index in [9.17, 15) is 9.59 Å². The van der Waals surface area contributed by atoms with Gasteiger partial charge in [-0.2, -0.15) is 0 Å². The van der Waals surface area contributed by atoms with Gasteiger partial charge in [0.05, 0.1) is 25.6 Å². The molecule has 0 spiro atoms. The zero-order valence-corrected chi connectivity index (χ0v) is 14.3. The second kappa shape index (κ2) is 8.54. The lowest BCUT2D eigenvalue weighted by molar-refractivity contribution is -0.114. The first-order chi connectivity index (χ1) is 12.0. The molecule has 0 fully saturated rings. The summed E-state index contributed by atoms with van der Waals surface area (Å²) in [5, 5.41) is 5.41. The van der Waals surface area contributed by atoms with E-state index in [1.165, 1.54) is 20.1 Å². The topological polar surface area (TPSA) is 76.7 Å². The van der Waals surface area contributed by atoms with Gasteiger partial charge in [0, 0.05) is 24.6 Å². The summed E-state index contributed by atoms with van der Waals surface area (Å²) in [4.78, 5) is 23.5. The van der Waals surface area contributed by atoms with E-state index >= 15 is 0 Å². The summed E-state index contributed by atoms with van der Waals surface area (Å²) in [5.41, 5.74) is 1.73. The molecule has 0 radical (unpaired) electrons. The fourth-order valence-corrected chi connectivity index (χ4v) is 2.20. The zero-order valence-electron chi connectivity index (χ0n) is 14.3. The summed E-state index contributed by atoms with van der Waals surface area (Å²) in [6.07, 6.45) is 3.06. The van der Waals surface area contributed by atoms with Crippen LogP contribution in [0.25, 0.3) is 6.08 Å². The van der Waals surface area contributed by atoms with Crippen LogP contribution in [-0.2, 0) is 9.59 Å². The first-order valence-corrected chi connectivity index (χ1v) is 7.61. The van der Waals surface area contributed by atoms with Crippen LogP contribution < -0.4 is 20.1 Å². The number of carbonyl (C=O) groups is 2. The molecule has 0 aliphatic heterocycles. The Morgan fingerprint density at radius 1 is 0.960 bits per heavy atom. The number of para-hydroxylation sites is 1. The third kappa shape index (κ3) is 5.10. The minimum Gasteiger partial charge on any atom is -0.497 e. The molecule has 2 aromatic carbocycles. The maximum absolute atomic E-state index is 12.2. The van der Waals surface area contributed by atoms with Crippen LogP contribution >= 0.6 is 0 Å². The van der Waals surface area contributed by atoms with Crippen molar-refractivity contribution < 1.29 is 19.1 Å². The minimum atomic E-state index is -0.342. The highest BCUT2D eigenvalue weighted by Gasteiger charge is 2.08. The first-order valence-electron chi connectivity index (χ1n) is 7.61. The van der Waals surface area contributed by atoms with Gasteiger partial charge in [-0.1, -0.05) is 18.2 Å². The third-order valence-electron chi connectivity index (χ3n) is 3.35. The zero-order chi connectivity index (χ0) is 18.2. The van der Waals surface area contributed by atoms with Gasteiger partial charge < -0.3 is 20.1 Å². The highest BCUT2D eigenvalue weighted by atomic mass is 16.5. The van der Waals surface area contributed by atoms with Gasteiger partial charge in [-0.05, 0) is 24.3 Å². The van der Waals surface area contributed by atoms with Gasteiger partial charge in [-0.3, -0.25) is 9.59 Å². The number of anilines is 2. The maximum atomic E-state index is 12.2. The second-order valence-corrected chi connectivity index (χ2v) is 5.16. The molecule has 0 aliphatic rings. The molecule has 25 heavy (non-hydrogen) atoms. The van der Waals surface area contributed by atoms with Crippen molar-refractivity contribution in [1.82, 2.24) is 0 Å². The van der Waals surface area contributed by atoms with Gasteiger partial charge in [0.1, 0.15) is 11.5 Å². The minimum absolute atomic E-state index is 0.231. The number of amides is 2. The molecule has 6 heteroatoms. The Kier molecular flexibility index (Phi) is 6.17. The smallest absolute Gasteiger partial charge is 0.248 e. The average Bonchev–Trinajstić information content (AvgIpc) is 2.61. The van der Waals surface area contributed by atoms with E-state index in [0.29, 0.717) is 22.9 Å². The highest BCUT2D eigenvalue weighted by molar-refractivity contribution is 6.05. The fraction of sp³-hybridized carbons (Fsp3) is 0.158. The van der Waals surface area contributed by atoms with Gasteiger partial charge in [0.2, 0.25) is 11.8 Å². The van der Waals surface area contributed by atoms with Crippen LogP contribution in [0, 0.1) is 0 Å². The van der Waals surface area contributed by atoms with E-state index in [1.807, 2.05) is 24.3 Å². The number of nitrogens with one attached hydrogen (secondary N) is 2. The van der Waals surface area contributed by atoms with Crippen molar-refractivity contribution in [2.24, 2.45) is 0 Å². The fourth-order valence-electron chi connectivity index (χ4n) is 2.20. The summed E-state index contributed by atoms with van der Waals surface area (Å²) < 4.78 is 10.4. The average molecular weight is 340 g/mol. The largest absolute Gasteiger partial charge is 0.497 e. The quantitative estimate of drug-likeness (QED) is 0.791. The van der Waals surface area contributed by atoms with Crippen LogP contribution in [0.15, 0.2) is 48.5 Å². The molecular weight excluding hydrogens is 320 g/mol. The van der Waals surface area contributed by atoms with Crippen LogP contribution in [0.3, 0.4) is 0 Å². The lowest BCUT2D eigenvalue weighted by Gasteiger charge is -2.12. The van der Waals surface area contributed by atoms with E-state index in [4.69, 9.17) is 9.47 Å². The first kappa shape index (κ1) is 18.1. The number of hydrogen-bond acceptors (Lipinski definition) is 4. The number of hydrogen-bond donors (Lipinski definition) is 2. The van der Waals surface area contributed by atoms with E-state index in [0.717, 1.165) is 5.56 Å². The van der Waals surface area contributed by atoms with Gasteiger partial charge in [0.25, 0.3) is 0 Å². The van der Waals surface area contributed by atoms with Crippen LogP contribution in [-0.4, -0.2) is 26.0 Å². The highest BCUT2D eigenvalue weighted by Crippen LogP contribution is 2.27. The van der Waals surface area contributed by atoms with Gasteiger partial charge in [0.15, 0.2) is 0 Å². The lowest BCUT2D eigenvalue weighted by atomic mass is 10.2. The number of carbonyl (C=O) groups excluding carboxylic acids is 2. The van der Waals surface area contributed by atoms with Gasteiger partial charge in [-0.25, -0.2) is 0 Å². The summed E-state index contributed by atoms with van der Waals surface area (Å²) in [5.74, 6) is 0.668. The van der Waals surface area contributed by atoms with E-state index < -0.39 is 0 Å². The molecule has 2 amide bonds. The molecule has 2 rings (SSSR count). The second-order valence-electron chi connectivity index (χ2n) is 5.16. The Labute approximate surface area is 146 Å². The van der Waals surface area contributed by atoms with E-state index in [-0.39, 0.29) is 11.8 Å². The maximum Gasteiger partial charge on any atom is 0.248 e. The molecule has 2 N–H and O–H groups in total. The molecule has 0 unspecified atom stereocenters. The van der Waals surface area contributed by atoms with E-state index in [1.54, 1.807) is 31.4 Å². The summed E-state index contributed by atoms with van der Waals surface area (Å²) in [6.45, 7) is 1.40. The van der Waals surface area contributed by atoms with E-state index in [2.05, 4.69) is 10.6 Å². The summed E-state index contributed by atoms with van der Waals surface area (Å²) in [6, 6.07) is 12.4. The summed E-state index contributed by atoms with van der Waals surface area (Å²) >= 11 is 0. The molecule has 6 nitrogen and oxygen atoms in total. The van der Waals surface area contributed by atoms with Gasteiger partial charge in [-0.15, -0.1) is 0 Å². The Morgan fingerprint density at radius 3 is 2.40 bits per heavy atom. The predicted molar refractivity (Wildman–Crippen MR) is 98.0 cm³/mol. The standard InChI is InChI=1S/C19H20N2O4/c1-13(22)20-16-10-9-15(24-2)12-17(16)21-19(23)11-8-14-6-4-5-7-18(14)25-3/h4-12H,1-3H3,(H,20,22)(H,21,23)/b11-8+. The third-order valence-corrected chi connectivity index (χ3v) is 3.35. The molecule has 0 heterocycles. The Bertz CT molecular complexity index is 800. The van der Waals surface area contributed by atoms with Gasteiger partial charge >= 0.3 is 0 Å². The monoisotopic (exact) mass is 340 g/mol. The van der Waals surface area contributed by atoms with Crippen molar-refractivity contribution >= 4 is 29.3 Å². The van der Waals surface area contributed by atoms with Crippen molar-refractivity contribution in [1.29, 1.82) is 0 Å². The predicted octanol–water partition coefficient (Wildman–Crippen LogP) is 3.31. The molecule has 0 saturated carbocycles. The molecule has 0 atom stereocenters. The number of ether oxygens (including phenoxy) is 2. The van der Waals surface area contributed by atoms with Crippen molar-refractivity contribution in [3.05, 3.63) is 54.1 Å². The van der Waals surface area contributed by atoms with Crippen molar-refractivity contribution in [2.75, 3.05) is 24.9 Å². The number of methoxy groups -OCH3 is 2. The number of benzene rings is 2. The van der Waals surface area contributed by atoms with Crippen LogP contribution in [0.1, 0.15) is 12.5 Å². The summed E-state index contributed by atoms with van der Waals surface area (Å²) in [7, 11) is 3.10. The van der Waals surface area contributed by atoms with Crippen molar-refractivity contribution in [2.45, 2.75) is 6.92 Å². The van der Waals surface area contributed by atoms with Crippen LogP contribution in [0.2, 0.25) is 0 Å². The number of rotatable bonds is 6. The van der Waals surface area contributed by atoms with Crippen molar-refractivity contribution in [3.8, 4) is 11.5 Å². The molecule has 0 aromatic heterocycles. The lowest BCUT2D eigenvalue weighted by Crippen LogP contribution is -2.13. The molecule has 0 bridgehead atoms. The van der Waals surface area contributed by atoms with Crippen LogP contribution in [0.5, 0.6) is 11.5 Å². The Hall–Kier alpha value is -3.28. The SMILES string of the molecule is COc1ccc(NC(C)=O)c(NC(=O)/C=C/c2ccccc2OC)c1. The normalized spacial score (nSPS) is 10.4. The molecule has 0 saturated heterocycles. The molecule has 0 aliphatic carbocycles. The Morgan fingerprint density at radius 2 is 1.72 bits per heavy atom.